The number of hydrogen-bond acceptors (Lipinski definition) is 3. The van der Waals surface area contributed by atoms with E-state index in [1.165, 1.54) is 4.90 Å². The fraction of sp³-hybridized carbons (Fsp3) is 0.714. The number of carboxylic acids is 1. The highest BCUT2D eigenvalue weighted by atomic mass is 16.5. The van der Waals surface area contributed by atoms with Gasteiger partial charge in [-0.15, -0.1) is 0 Å². The standard InChI is InChI=1S/C14H21NO4/c1-10-2-4-11(5-3-10)8-13(16)15-6-7-19-9-12(15)14(17)18/h8,10,12H,2-7,9H2,1H3,(H,17,18). The number of aliphatic carboxylic acids is 1. The second kappa shape index (κ2) is 6.19. The number of allylic oxidation sites excluding steroid dienone is 1. The van der Waals surface area contributed by atoms with Crippen LogP contribution in [0.4, 0.5) is 0 Å². The highest BCUT2D eigenvalue weighted by Crippen LogP contribution is 2.27. The molecule has 1 saturated heterocycles. The van der Waals surface area contributed by atoms with Gasteiger partial charge in [0.15, 0.2) is 6.04 Å². The van der Waals surface area contributed by atoms with Crippen molar-refractivity contribution >= 4 is 11.9 Å². The molecule has 1 aliphatic heterocycles. The van der Waals surface area contributed by atoms with Crippen LogP contribution in [0, 0.1) is 5.92 Å². The fourth-order valence-corrected chi connectivity index (χ4v) is 2.61. The molecule has 1 amide bonds. The van der Waals surface area contributed by atoms with E-state index in [2.05, 4.69) is 6.92 Å². The number of ether oxygens (including phenoxy) is 1. The molecule has 2 aliphatic rings. The van der Waals surface area contributed by atoms with E-state index in [9.17, 15) is 9.59 Å². The summed E-state index contributed by atoms with van der Waals surface area (Å²) >= 11 is 0. The molecule has 0 aromatic rings. The monoisotopic (exact) mass is 267 g/mol. The van der Waals surface area contributed by atoms with Crippen molar-refractivity contribution in [2.45, 2.75) is 38.6 Å². The Hall–Kier alpha value is -1.36. The van der Waals surface area contributed by atoms with Gasteiger partial charge in [-0.25, -0.2) is 4.79 Å². The maximum Gasteiger partial charge on any atom is 0.328 e. The van der Waals surface area contributed by atoms with Gasteiger partial charge in [-0.3, -0.25) is 4.79 Å². The van der Waals surface area contributed by atoms with Crippen molar-refractivity contribution in [1.82, 2.24) is 4.90 Å². The minimum Gasteiger partial charge on any atom is -0.480 e. The normalized spacial score (nSPS) is 28.1. The smallest absolute Gasteiger partial charge is 0.328 e. The van der Waals surface area contributed by atoms with E-state index in [1.54, 1.807) is 6.08 Å². The maximum atomic E-state index is 12.2. The van der Waals surface area contributed by atoms with Gasteiger partial charge in [-0.05, 0) is 31.6 Å². The van der Waals surface area contributed by atoms with Gasteiger partial charge in [0.2, 0.25) is 5.91 Å². The third kappa shape index (κ3) is 3.56. The summed E-state index contributed by atoms with van der Waals surface area (Å²) in [7, 11) is 0. The Morgan fingerprint density at radius 2 is 2.05 bits per heavy atom. The Morgan fingerprint density at radius 1 is 1.37 bits per heavy atom. The summed E-state index contributed by atoms with van der Waals surface area (Å²) in [4.78, 5) is 24.7. The largest absolute Gasteiger partial charge is 0.480 e. The molecule has 1 saturated carbocycles. The van der Waals surface area contributed by atoms with Crippen LogP contribution < -0.4 is 0 Å². The lowest BCUT2D eigenvalue weighted by molar-refractivity contribution is -0.156. The summed E-state index contributed by atoms with van der Waals surface area (Å²) < 4.78 is 5.13. The molecule has 2 fully saturated rings. The van der Waals surface area contributed by atoms with Crippen molar-refractivity contribution in [3.63, 3.8) is 0 Å². The van der Waals surface area contributed by atoms with E-state index in [-0.39, 0.29) is 12.5 Å². The Kier molecular flexibility index (Phi) is 4.58. The van der Waals surface area contributed by atoms with E-state index >= 15 is 0 Å². The van der Waals surface area contributed by atoms with Gasteiger partial charge in [0.1, 0.15) is 0 Å². The second-order valence-electron chi connectivity index (χ2n) is 5.45. The Bertz CT molecular complexity index is 381. The number of rotatable bonds is 2. The average Bonchev–Trinajstić information content (AvgIpc) is 2.41. The van der Waals surface area contributed by atoms with Crippen molar-refractivity contribution in [2.75, 3.05) is 19.8 Å². The van der Waals surface area contributed by atoms with Crippen LogP contribution in [0.25, 0.3) is 0 Å². The highest BCUT2D eigenvalue weighted by molar-refractivity contribution is 5.92. The molecule has 0 aromatic heterocycles. The lowest BCUT2D eigenvalue weighted by atomic mass is 9.87. The summed E-state index contributed by atoms with van der Waals surface area (Å²) in [6.45, 7) is 3.08. The van der Waals surface area contributed by atoms with Crippen LogP contribution in [0.3, 0.4) is 0 Å². The molecular formula is C14H21NO4. The number of carbonyl (C=O) groups is 2. The molecule has 0 spiro atoms. The quantitative estimate of drug-likeness (QED) is 0.769. The van der Waals surface area contributed by atoms with Crippen molar-refractivity contribution in [2.24, 2.45) is 5.92 Å². The molecule has 5 heteroatoms. The van der Waals surface area contributed by atoms with Crippen molar-refractivity contribution in [3.8, 4) is 0 Å². The third-order valence-corrected chi connectivity index (χ3v) is 3.94. The van der Waals surface area contributed by atoms with Crippen LogP contribution in [0.1, 0.15) is 32.6 Å². The number of hydrogen-bond donors (Lipinski definition) is 1. The van der Waals surface area contributed by atoms with E-state index in [0.717, 1.165) is 37.2 Å². The van der Waals surface area contributed by atoms with Crippen LogP contribution in [-0.4, -0.2) is 47.7 Å². The Labute approximate surface area is 113 Å². The van der Waals surface area contributed by atoms with Crippen molar-refractivity contribution in [3.05, 3.63) is 11.6 Å². The predicted molar refractivity (Wildman–Crippen MR) is 69.7 cm³/mol. The first-order chi connectivity index (χ1) is 9.08. The van der Waals surface area contributed by atoms with Crippen LogP contribution in [0.15, 0.2) is 11.6 Å². The van der Waals surface area contributed by atoms with Crippen molar-refractivity contribution < 1.29 is 19.4 Å². The van der Waals surface area contributed by atoms with Crippen LogP contribution in [0.5, 0.6) is 0 Å². The summed E-state index contributed by atoms with van der Waals surface area (Å²) in [5.74, 6) is -0.452. The SMILES string of the molecule is CC1CCC(=CC(=O)N2CCOCC2C(=O)O)CC1. The van der Waals surface area contributed by atoms with Gasteiger partial charge in [0.25, 0.3) is 0 Å². The summed E-state index contributed by atoms with van der Waals surface area (Å²) in [5.41, 5.74) is 1.15. The first kappa shape index (κ1) is 14.1. The van der Waals surface area contributed by atoms with E-state index < -0.39 is 12.0 Å². The summed E-state index contributed by atoms with van der Waals surface area (Å²) in [5, 5.41) is 9.10. The van der Waals surface area contributed by atoms with E-state index in [1.807, 2.05) is 0 Å². The highest BCUT2D eigenvalue weighted by Gasteiger charge is 2.32. The first-order valence-electron chi connectivity index (χ1n) is 6.88. The van der Waals surface area contributed by atoms with Crippen LogP contribution in [-0.2, 0) is 14.3 Å². The fourth-order valence-electron chi connectivity index (χ4n) is 2.61. The summed E-state index contributed by atoms with van der Waals surface area (Å²) in [6.07, 6.45) is 5.78. The average molecular weight is 267 g/mol. The number of nitrogens with zero attached hydrogens (tertiary/aromatic N) is 1. The second-order valence-corrected chi connectivity index (χ2v) is 5.45. The van der Waals surface area contributed by atoms with E-state index in [0.29, 0.717) is 13.2 Å². The lowest BCUT2D eigenvalue weighted by Crippen LogP contribution is -2.52. The lowest BCUT2D eigenvalue weighted by Gasteiger charge is -2.32. The molecule has 1 unspecified atom stereocenters. The van der Waals surface area contributed by atoms with Crippen LogP contribution in [0.2, 0.25) is 0 Å². The molecule has 0 bridgehead atoms. The predicted octanol–water partition coefficient (Wildman–Crippen LogP) is 1.43. The van der Waals surface area contributed by atoms with Gasteiger partial charge >= 0.3 is 5.97 Å². The molecule has 2 rings (SSSR count). The topological polar surface area (TPSA) is 66.8 Å². The van der Waals surface area contributed by atoms with E-state index in [4.69, 9.17) is 9.84 Å². The van der Waals surface area contributed by atoms with Crippen LogP contribution >= 0.6 is 0 Å². The summed E-state index contributed by atoms with van der Waals surface area (Å²) in [6, 6.07) is -0.847. The minimum atomic E-state index is -0.997. The number of carbonyl (C=O) groups excluding carboxylic acids is 1. The molecular weight excluding hydrogens is 246 g/mol. The number of amides is 1. The Morgan fingerprint density at radius 3 is 2.68 bits per heavy atom. The number of carboxylic acid groups (broad SMARTS) is 1. The van der Waals surface area contributed by atoms with Gasteiger partial charge in [0.05, 0.1) is 13.2 Å². The van der Waals surface area contributed by atoms with Gasteiger partial charge in [0, 0.05) is 12.6 Å². The molecule has 1 aliphatic carbocycles. The molecule has 5 nitrogen and oxygen atoms in total. The van der Waals surface area contributed by atoms with Gasteiger partial charge in [-0.1, -0.05) is 12.5 Å². The van der Waals surface area contributed by atoms with Gasteiger partial charge < -0.3 is 14.7 Å². The molecule has 19 heavy (non-hydrogen) atoms. The minimum absolute atomic E-state index is 0.0846. The third-order valence-electron chi connectivity index (χ3n) is 3.94. The van der Waals surface area contributed by atoms with Gasteiger partial charge in [-0.2, -0.15) is 0 Å². The molecule has 0 aromatic carbocycles. The molecule has 106 valence electrons. The zero-order chi connectivity index (χ0) is 13.8. The molecule has 1 atom stereocenters. The van der Waals surface area contributed by atoms with Crippen molar-refractivity contribution in [1.29, 1.82) is 0 Å². The Balaban J connectivity index is 2.01. The zero-order valence-electron chi connectivity index (χ0n) is 11.3. The zero-order valence-corrected chi connectivity index (χ0v) is 11.3. The number of morpholine rings is 1. The molecule has 1 heterocycles. The first-order valence-corrected chi connectivity index (χ1v) is 6.88. The molecule has 0 radical (unpaired) electrons. The maximum absolute atomic E-state index is 12.2. The molecule has 1 N–H and O–H groups in total.